The lowest BCUT2D eigenvalue weighted by atomic mass is 10.1. The first-order chi connectivity index (χ1) is 19.6. The summed E-state index contributed by atoms with van der Waals surface area (Å²) in [6, 6.07) is 31.1. The molecule has 0 fully saturated rings. The zero-order chi connectivity index (χ0) is 27.7. The number of hydrogen-bond donors (Lipinski definition) is 2. The molecule has 0 spiro atoms. The Bertz CT molecular complexity index is 1560. The van der Waals surface area contributed by atoms with Gasteiger partial charge >= 0.3 is 6.03 Å². The Hall–Kier alpha value is -4.91. The van der Waals surface area contributed by atoms with E-state index in [1.54, 1.807) is 19.1 Å². The van der Waals surface area contributed by atoms with Crippen LogP contribution in [0.4, 0.5) is 10.5 Å². The number of carbonyl (C=O) groups is 1. The number of aromatic amines is 1. The minimum Gasteiger partial charge on any atom is -0.495 e. The first-order valence-electron chi connectivity index (χ1n) is 13.2. The minimum absolute atomic E-state index is 0.216. The van der Waals surface area contributed by atoms with Gasteiger partial charge in [-0.3, -0.25) is 0 Å². The van der Waals surface area contributed by atoms with Crippen LogP contribution in [0.1, 0.15) is 16.7 Å². The van der Waals surface area contributed by atoms with Crippen molar-refractivity contribution in [3.63, 3.8) is 0 Å². The van der Waals surface area contributed by atoms with Crippen molar-refractivity contribution < 1.29 is 19.0 Å². The van der Waals surface area contributed by atoms with Crippen molar-refractivity contribution >= 4 is 22.6 Å². The molecule has 0 unspecified atom stereocenters. The fourth-order valence-electron chi connectivity index (χ4n) is 4.68. The first-order valence-corrected chi connectivity index (χ1v) is 13.2. The minimum atomic E-state index is -0.216. The lowest BCUT2D eigenvalue weighted by Gasteiger charge is -2.24. The predicted octanol–water partition coefficient (Wildman–Crippen LogP) is 7.04. The third-order valence-electron chi connectivity index (χ3n) is 6.80. The molecule has 0 aliphatic heterocycles. The molecule has 0 saturated heterocycles. The smallest absolute Gasteiger partial charge is 0.322 e. The van der Waals surface area contributed by atoms with Crippen LogP contribution in [0.5, 0.6) is 17.2 Å². The molecule has 0 aliphatic carbocycles. The van der Waals surface area contributed by atoms with Crippen molar-refractivity contribution in [1.82, 2.24) is 9.88 Å². The summed E-state index contributed by atoms with van der Waals surface area (Å²) in [5.41, 5.74) is 4.85. The molecule has 5 rings (SSSR count). The second-order valence-corrected chi connectivity index (χ2v) is 9.42. The largest absolute Gasteiger partial charge is 0.495 e. The average Bonchev–Trinajstić information content (AvgIpc) is 3.42. The van der Waals surface area contributed by atoms with Crippen LogP contribution in [0.25, 0.3) is 10.9 Å². The van der Waals surface area contributed by atoms with E-state index in [4.69, 9.17) is 14.2 Å². The Morgan fingerprint density at radius 3 is 2.38 bits per heavy atom. The van der Waals surface area contributed by atoms with Gasteiger partial charge in [0, 0.05) is 30.2 Å². The second-order valence-electron chi connectivity index (χ2n) is 9.42. The molecule has 0 aliphatic rings. The highest BCUT2D eigenvalue weighted by Crippen LogP contribution is 2.30. The van der Waals surface area contributed by atoms with Crippen molar-refractivity contribution in [1.29, 1.82) is 0 Å². The van der Waals surface area contributed by atoms with E-state index in [1.165, 1.54) is 0 Å². The number of fused-ring (bicyclic) bond motifs is 1. The van der Waals surface area contributed by atoms with Gasteiger partial charge < -0.3 is 29.4 Å². The molecule has 5 aromatic rings. The Morgan fingerprint density at radius 1 is 0.800 bits per heavy atom. The van der Waals surface area contributed by atoms with Gasteiger partial charge in [0.1, 0.15) is 12.4 Å². The zero-order valence-corrected chi connectivity index (χ0v) is 22.7. The number of carbonyl (C=O) groups excluding carboxylic acids is 1. The van der Waals surface area contributed by atoms with Crippen molar-refractivity contribution in [2.24, 2.45) is 0 Å². The van der Waals surface area contributed by atoms with E-state index in [9.17, 15) is 4.79 Å². The molecular formula is C33H33N3O4. The normalized spacial score (nSPS) is 10.8. The molecule has 1 heterocycles. The van der Waals surface area contributed by atoms with E-state index in [0.29, 0.717) is 49.1 Å². The number of aromatic nitrogens is 1. The predicted molar refractivity (Wildman–Crippen MR) is 158 cm³/mol. The summed E-state index contributed by atoms with van der Waals surface area (Å²) in [6.45, 7) is 1.31. The number of nitrogens with one attached hydrogen (secondary N) is 2. The molecule has 7 heteroatoms. The van der Waals surface area contributed by atoms with Crippen LogP contribution in [-0.4, -0.2) is 36.7 Å². The monoisotopic (exact) mass is 535 g/mol. The van der Waals surface area contributed by atoms with Crippen molar-refractivity contribution in [2.75, 3.05) is 26.1 Å². The Labute approximate surface area is 234 Å². The molecule has 1 aromatic heterocycles. The van der Waals surface area contributed by atoms with Crippen LogP contribution >= 0.6 is 0 Å². The summed E-state index contributed by atoms with van der Waals surface area (Å²) in [6.07, 6.45) is 2.71. The summed E-state index contributed by atoms with van der Waals surface area (Å²) in [4.78, 5) is 18.8. The highest BCUT2D eigenvalue weighted by atomic mass is 16.5. The molecule has 204 valence electrons. The Kier molecular flexibility index (Phi) is 8.51. The maximum atomic E-state index is 13.6. The number of benzene rings is 4. The highest BCUT2D eigenvalue weighted by molar-refractivity contribution is 5.91. The van der Waals surface area contributed by atoms with Crippen LogP contribution in [0, 0.1) is 0 Å². The third-order valence-corrected chi connectivity index (χ3v) is 6.80. The maximum absolute atomic E-state index is 13.6. The summed E-state index contributed by atoms with van der Waals surface area (Å²) in [5, 5.41) is 4.19. The van der Waals surface area contributed by atoms with Gasteiger partial charge in [0.2, 0.25) is 0 Å². The number of para-hydroxylation sites is 3. The Balaban J connectivity index is 1.37. The second kappa shape index (κ2) is 12.8. The number of rotatable bonds is 11. The van der Waals surface area contributed by atoms with Crippen molar-refractivity contribution in [2.45, 2.75) is 19.6 Å². The molecule has 0 atom stereocenters. The van der Waals surface area contributed by atoms with Gasteiger partial charge in [-0.15, -0.1) is 0 Å². The van der Waals surface area contributed by atoms with Crippen LogP contribution < -0.4 is 19.5 Å². The van der Waals surface area contributed by atoms with E-state index < -0.39 is 0 Å². The van der Waals surface area contributed by atoms with Gasteiger partial charge in [0.05, 0.1) is 19.9 Å². The average molecular weight is 536 g/mol. The van der Waals surface area contributed by atoms with Crippen LogP contribution in [-0.2, 0) is 19.6 Å². The standard InChI is InChI=1S/C33H33N3O4/c1-38-30-15-9-8-14-29(30)35-33(37)36(19-18-26-21-34-28-13-7-6-12-27(26)28)22-25-16-17-31(39-2)32(20-25)40-23-24-10-4-3-5-11-24/h3-17,20-21,34H,18-19,22-23H2,1-2H3,(H,35,37). The molecule has 0 radical (unpaired) electrons. The third kappa shape index (κ3) is 6.38. The quantitative estimate of drug-likeness (QED) is 0.190. The maximum Gasteiger partial charge on any atom is 0.322 e. The fourth-order valence-corrected chi connectivity index (χ4v) is 4.68. The zero-order valence-electron chi connectivity index (χ0n) is 22.7. The van der Waals surface area contributed by atoms with E-state index in [0.717, 1.165) is 27.6 Å². The van der Waals surface area contributed by atoms with Gasteiger partial charge in [-0.2, -0.15) is 0 Å². The number of anilines is 1. The fraction of sp³-hybridized carbons (Fsp3) is 0.182. The topological polar surface area (TPSA) is 75.8 Å². The number of ether oxygens (including phenoxy) is 3. The molecule has 0 saturated carbocycles. The van der Waals surface area contributed by atoms with E-state index >= 15 is 0 Å². The summed E-state index contributed by atoms with van der Waals surface area (Å²) in [5.74, 6) is 1.88. The van der Waals surface area contributed by atoms with Crippen LogP contribution in [0.2, 0.25) is 0 Å². The number of methoxy groups -OCH3 is 2. The summed E-state index contributed by atoms with van der Waals surface area (Å²) < 4.78 is 17.1. The van der Waals surface area contributed by atoms with Gasteiger partial charge in [0.15, 0.2) is 11.5 Å². The highest BCUT2D eigenvalue weighted by Gasteiger charge is 2.18. The van der Waals surface area contributed by atoms with Crippen molar-refractivity contribution in [3.8, 4) is 17.2 Å². The summed E-state index contributed by atoms with van der Waals surface area (Å²) in [7, 11) is 3.21. The molecule has 7 nitrogen and oxygen atoms in total. The number of hydrogen-bond acceptors (Lipinski definition) is 4. The number of urea groups is 1. The van der Waals surface area contributed by atoms with Gasteiger partial charge in [-0.05, 0) is 53.4 Å². The lowest BCUT2D eigenvalue weighted by Crippen LogP contribution is -2.36. The van der Waals surface area contributed by atoms with E-state index in [1.807, 2.05) is 91.1 Å². The molecular weight excluding hydrogens is 502 g/mol. The van der Waals surface area contributed by atoms with E-state index in [2.05, 4.69) is 22.4 Å². The molecule has 2 N–H and O–H groups in total. The number of amides is 2. The van der Waals surface area contributed by atoms with Crippen LogP contribution in [0.3, 0.4) is 0 Å². The van der Waals surface area contributed by atoms with Gasteiger partial charge in [-0.1, -0.05) is 66.7 Å². The molecule has 40 heavy (non-hydrogen) atoms. The lowest BCUT2D eigenvalue weighted by molar-refractivity contribution is 0.209. The Morgan fingerprint density at radius 2 is 1.55 bits per heavy atom. The number of nitrogens with zero attached hydrogens (tertiary/aromatic N) is 1. The van der Waals surface area contributed by atoms with E-state index in [-0.39, 0.29) is 6.03 Å². The first kappa shape index (κ1) is 26.7. The van der Waals surface area contributed by atoms with Crippen molar-refractivity contribution in [3.05, 3.63) is 120 Å². The molecule has 4 aromatic carbocycles. The SMILES string of the molecule is COc1ccccc1NC(=O)N(CCc1c[nH]c2ccccc12)Cc1ccc(OC)c(OCc2ccccc2)c1. The van der Waals surface area contributed by atoms with Gasteiger partial charge in [-0.25, -0.2) is 4.79 Å². The van der Waals surface area contributed by atoms with Crippen LogP contribution in [0.15, 0.2) is 103 Å². The van der Waals surface area contributed by atoms with Gasteiger partial charge in [0.25, 0.3) is 0 Å². The number of H-pyrrole nitrogens is 1. The summed E-state index contributed by atoms with van der Waals surface area (Å²) >= 11 is 0. The molecule has 0 bridgehead atoms. The molecule has 2 amide bonds.